The Bertz CT molecular complexity index is 849. The zero-order valence-electron chi connectivity index (χ0n) is 13.5. The van der Waals surface area contributed by atoms with Crippen LogP contribution in [0.15, 0.2) is 59.2 Å². The maximum Gasteiger partial charge on any atom is 0.256 e. The fourth-order valence-electron chi connectivity index (χ4n) is 2.19. The smallest absolute Gasteiger partial charge is 0.256 e. The SMILES string of the molecule is COc1cc(C(=O)Nc2ccn[nH]2)ccc1OCc1ccc(Br)cc1. The molecule has 25 heavy (non-hydrogen) atoms. The number of nitrogens with zero attached hydrogens (tertiary/aromatic N) is 1. The van der Waals surface area contributed by atoms with Crippen molar-refractivity contribution in [3.63, 3.8) is 0 Å². The lowest BCUT2D eigenvalue weighted by atomic mass is 10.2. The summed E-state index contributed by atoms with van der Waals surface area (Å²) in [6.07, 6.45) is 1.56. The molecule has 1 aromatic heterocycles. The van der Waals surface area contributed by atoms with Gasteiger partial charge in [-0.1, -0.05) is 28.1 Å². The van der Waals surface area contributed by atoms with E-state index in [1.165, 1.54) is 0 Å². The molecular weight excluding hydrogens is 386 g/mol. The highest BCUT2D eigenvalue weighted by Crippen LogP contribution is 2.29. The summed E-state index contributed by atoms with van der Waals surface area (Å²) in [5.74, 6) is 1.33. The first-order valence-electron chi connectivity index (χ1n) is 7.52. The van der Waals surface area contributed by atoms with Crippen LogP contribution in [-0.2, 0) is 6.61 Å². The van der Waals surface area contributed by atoms with E-state index in [1.54, 1.807) is 37.6 Å². The Labute approximate surface area is 153 Å². The van der Waals surface area contributed by atoms with Crippen LogP contribution >= 0.6 is 15.9 Å². The zero-order valence-corrected chi connectivity index (χ0v) is 15.0. The average Bonchev–Trinajstić information content (AvgIpc) is 3.14. The molecule has 7 heteroatoms. The summed E-state index contributed by atoms with van der Waals surface area (Å²) in [6, 6.07) is 14.6. The van der Waals surface area contributed by atoms with E-state index in [0.717, 1.165) is 10.0 Å². The molecule has 2 N–H and O–H groups in total. The molecule has 0 bridgehead atoms. The number of hydrogen-bond donors (Lipinski definition) is 2. The number of aromatic nitrogens is 2. The highest BCUT2D eigenvalue weighted by atomic mass is 79.9. The molecule has 128 valence electrons. The van der Waals surface area contributed by atoms with Gasteiger partial charge in [0.1, 0.15) is 12.4 Å². The van der Waals surface area contributed by atoms with E-state index in [0.29, 0.717) is 29.5 Å². The van der Waals surface area contributed by atoms with Gasteiger partial charge in [0.05, 0.1) is 13.3 Å². The average molecular weight is 402 g/mol. The fraction of sp³-hybridized carbons (Fsp3) is 0.111. The van der Waals surface area contributed by atoms with Crippen molar-refractivity contribution in [1.29, 1.82) is 0 Å². The van der Waals surface area contributed by atoms with Crippen LogP contribution in [0.4, 0.5) is 5.82 Å². The number of H-pyrrole nitrogens is 1. The molecule has 3 aromatic rings. The predicted molar refractivity (Wildman–Crippen MR) is 98.0 cm³/mol. The van der Waals surface area contributed by atoms with Crippen LogP contribution in [-0.4, -0.2) is 23.2 Å². The molecule has 0 radical (unpaired) electrons. The minimum absolute atomic E-state index is 0.262. The lowest BCUT2D eigenvalue weighted by Gasteiger charge is -2.12. The molecule has 0 saturated heterocycles. The van der Waals surface area contributed by atoms with Crippen molar-refractivity contribution >= 4 is 27.7 Å². The largest absolute Gasteiger partial charge is 0.493 e. The maximum atomic E-state index is 12.2. The quantitative estimate of drug-likeness (QED) is 0.653. The van der Waals surface area contributed by atoms with Gasteiger partial charge in [-0.05, 0) is 35.9 Å². The van der Waals surface area contributed by atoms with Gasteiger partial charge in [0, 0.05) is 16.1 Å². The number of nitrogens with one attached hydrogen (secondary N) is 2. The van der Waals surface area contributed by atoms with Gasteiger partial charge in [-0.2, -0.15) is 5.10 Å². The molecule has 0 saturated carbocycles. The first-order chi connectivity index (χ1) is 12.2. The third kappa shape index (κ3) is 4.39. The summed E-state index contributed by atoms with van der Waals surface area (Å²) in [7, 11) is 1.54. The minimum Gasteiger partial charge on any atom is -0.493 e. The number of carbonyl (C=O) groups excluding carboxylic acids is 1. The maximum absolute atomic E-state index is 12.2. The third-order valence-electron chi connectivity index (χ3n) is 3.48. The van der Waals surface area contributed by atoms with Gasteiger partial charge >= 0.3 is 0 Å². The highest BCUT2D eigenvalue weighted by molar-refractivity contribution is 9.10. The first-order valence-corrected chi connectivity index (χ1v) is 8.31. The summed E-state index contributed by atoms with van der Waals surface area (Å²) in [5, 5.41) is 9.18. The summed E-state index contributed by atoms with van der Waals surface area (Å²) in [5.41, 5.74) is 1.49. The van der Waals surface area contributed by atoms with Crippen LogP contribution in [0.25, 0.3) is 0 Å². The summed E-state index contributed by atoms with van der Waals surface area (Å²) in [4.78, 5) is 12.2. The number of aromatic amines is 1. The standard InChI is InChI=1S/C18H16BrN3O3/c1-24-16-10-13(18(23)21-17-8-9-20-22-17)4-7-15(16)25-11-12-2-5-14(19)6-3-12/h2-10H,11H2,1H3,(H2,20,21,22,23). The molecule has 1 amide bonds. The Balaban J connectivity index is 1.70. The number of ether oxygens (including phenoxy) is 2. The Morgan fingerprint density at radius 2 is 1.96 bits per heavy atom. The topological polar surface area (TPSA) is 76.2 Å². The lowest BCUT2D eigenvalue weighted by molar-refractivity contribution is 0.102. The molecule has 2 aromatic carbocycles. The molecule has 0 aliphatic heterocycles. The van der Waals surface area contributed by atoms with E-state index in [2.05, 4.69) is 31.4 Å². The van der Waals surface area contributed by atoms with E-state index >= 15 is 0 Å². The van der Waals surface area contributed by atoms with Gasteiger partial charge in [0.25, 0.3) is 5.91 Å². The van der Waals surface area contributed by atoms with Crippen molar-refractivity contribution in [2.45, 2.75) is 6.61 Å². The molecule has 0 aliphatic rings. The second-order valence-corrected chi connectivity index (χ2v) is 6.12. The Kier molecular flexibility index (Phi) is 5.35. The Morgan fingerprint density at radius 3 is 2.64 bits per heavy atom. The Morgan fingerprint density at radius 1 is 1.16 bits per heavy atom. The van der Waals surface area contributed by atoms with Crippen molar-refractivity contribution in [3.8, 4) is 11.5 Å². The minimum atomic E-state index is -0.262. The molecular formula is C18H16BrN3O3. The lowest BCUT2D eigenvalue weighted by Crippen LogP contribution is -2.12. The number of amides is 1. The zero-order chi connectivity index (χ0) is 17.6. The van der Waals surface area contributed by atoms with Gasteiger partial charge in [-0.15, -0.1) is 0 Å². The number of methoxy groups -OCH3 is 1. The number of carbonyl (C=O) groups is 1. The summed E-state index contributed by atoms with van der Waals surface area (Å²) in [6.45, 7) is 0.406. The molecule has 6 nitrogen and oxygen atoms in total. The van der Waals surface area contributed by atoms with Crippen LogP contribution < -0.4 is 14.8 Å². The van der Waals surface area contributed by atoms with E-state index in [4.69, 9.17) is 9.47 Å². The second kappa shape index (κ2) is 7.85. The molecule has 0 fully saturated rings. The number of benzene rings is 2. The Hall–Kier alpha value is -2.80. The van der Waals surface area contributed by atoms with E-state index < -0.39 is 0 Å². The van der Waals surface area contributed by atoms with Crippen molar-refractivity contribution in [1.82, 2.24) is 10.2 Å². The fourth-order valence-corrected chi connectivity index (χ4v) is 2.45. The van der Waals surface area contributed by atoms with Crippen LogP contribution in [0.5, 0.6) is 11.5 Å². The molecule has 0 spiro atoms. The molecule has 0 unspecified atom stereocenters. The van der Waals surface area contributed by atoms with Crippen molar-refractivity contribution in [2.75, 3.05) is 12.4 Å². The van der Waals surface area contributed by atoms with Crippen LogP contribution in [0, 0.1) is 0 Å². The number of anilines is 1. The number of halogens is 1. The van der Waals surface area contributed by atoms with Crippen molar-refractivity contribution in [3.05, 3.63) is 70.3 Å². The van der Waals surface area contributed by atoms with Gasteiger partial charge in [0.15, 0.2) is 11.5 Å². The van der Waals surface area contributed by atoms with E-state index in [9.17, 15) is 4.79 Å². The third-order valence-corrected chi connectivity index (χ3v) is 4.01. The molecule has 0 aliphatic carbocycles. The van der Waals surface area contributed by atoms with Gasteiger partial charge in [-0.3, -0.25) is 9.89 Å². The normalized spacial score (nSPS) is 10.3. The van der Waals surface area contributed by atoms with E-state index in [-0.39, 0.29) is 5.91 Å². The first kappa shape index (κ1) is 17.0. The number of hydrogen-bond acceptors (Lipinski definition) is 4. The summed E-state index contributed by atoms with van der Waals surface area (Å²) < 4.78 is 12.2. The highest BCUT2D eigenvalue weighted by Gasteiger charge is 2.12. The second-order valence-electron chi connectivity index (χ2n) is 5.21. The predicted octanol–water partition coefficient (Wildman–Crippen LogP) is 4.01. The number of rotatable bonds is 6. The summed E-state index contributed by atoms with van der Waals surface area (Å²) >= 11 is 3.40. The molecule has 3 rings (SSSR count). The molecule has 0 atom stereocenters. The van der Waals surface area contributed by atoms with E-state index in [1.807, 2.05) is 24.3 Å². The van der Waals surface area contributed by atoms with Crippen LogP contribution in [0.2, 0.25) is 0 Å². The van der Waals surface area contributed by atoms with Crippen LogP contribution in [0.3, 0.4) is 0 Å². The van der Waals surface area contributed by atoms with Crippen molar-refractivity contribution in [2.24, 2.45) is 0 Å². The van der Waals surface area contributed by atoms with Crippen LogP contribution in [0.1, 0.15) is 15.9 Å². The van der Waals surface area contributed by atoms with Crippen molar-refractivity contribution < 1.29 is 14.3 Å². The van der Waals surface area contributed by atoms with Gasteiger partial charge in [-0.25, -0.2) is 0 Å². The van der Waals surface area contributed by atoms with Gasteiger partial charge in [0.2, 0.25) is 0 Å². The van der Waals surface area contributed by atoms with Gasteiger partial charge < -0.3 is 14.8 Å². The molecule has 1 heterocycles. The monoisotopic (exact) mass is 401 g/mol.